The molecule has 2 heterocycles. The molecule has 1 N–H and O–H groups in total. The maximum atomic E-state index is 5.83. The molecule has 0 saturated heterocycles. The van der Waals surface area contributed by atoms with Gasteiger partial charge in [-0.25, -0.2) is 4.52 Å². The van der Waals surface area contributed by atoms with Gasteiger partial charge >= 0.3 is 0 Å². The number of hydrogen-bond acceptors (Lipinski definition) is 3. The molecule has 2 aromatic heterocycles. The van der Waals surface area contributed by atoms with Crippen LogP contribution in [0.25, 0.3) is 5.52 Å². The van der Waals surface area contributed by atoms with E-state index in [0.29, 0.717) is 5.54 Å². The van der Waals surface area contributed by atoms with Crippen LogP contribution in [0.15, 0.2) is 30.5 Å². The minimum atomic E-state index is 0.489. The van der Waals surface area contributed by atoms with Crippen molar-refractivity contribution in [3.63, 3.8) is 0 Å². The predicted molar refractivity (Wildman–Crippen MR) is 98.8 cm³/mol. The Morgan fingerprint density at radius 2 is 2.16 bits per heavy atom. The summed E-state index contributed by atoms with van der Waals surface area (Å²) in [5.41, 5.74) is 1.57. The fourth-order valence-electron chi connectivity index (χ4n) is 5.89. The highest BCUT2D eigenvalue weighted by Crippen LogP contribution is 2.56. The molecule has 3 aliphatic carbocycles. The van der Waals surface area contributed by atoms with Gasteiger partial charge in [0.1, 0.15) is 0 Å². The van der Waals surface area contributed by atoms with Gasteiger partial charge in [0.25, 0.3) is 0 Å². The van der Waals surface area contributed by atoms with Gasteiger partial charge in [-0.15, -0.1) is 5.10 Å². The summed E-state index contributed by atoms with van der Waals surface area (Å²) in [7, 11) is 0. The van der Waals surface area contributed by atoms with Crippen LogP contribution in [0.1, 0.15) is 51.4 Å². The average Bonchev–Trinajstić information content (AvgIpc) is 3.12. The van der Waals surface area contributed by atoms with Crippen molar-refractivity contribution in [2.45, 2.75) is 56.9 Å². The zero-order valence-electron chi connectivity index (χ0n) is 15.0. The second-order valence-corrected chi connectivity index (χ2v) is 8.62. The SMILES string of the molecule is c1ccn2nc(OCCCCNC34CCC5CC(CC5C3)C4)cc2c1. The summed E-state index contributed by atoms with van der Waals surface area (Å²) in [6.45, 7) is 1.89. The standard InChI is InChI=1S/C21H29N3O/c1-3-9-24-19(5-1)13-20(23-24)25-10-4-2-8-22-21-7-6-17-11-16(14-21)12-18(17)15-21/h1,3,5,9,13,16-18,22H,2,4,6-8,10-12,14-15H2. The maximum Gasteiger partial charge on any atom is 0.233 e. The van der Waals surface area contributed by atoms with Crippen molar-refractivity contribution in [2.75, 3.05) is 13.2 Å². The normalized spacial score (nSPS) is 33.2. The number of nitrogens with zero attached hydrogens (tertiary/aromatic N) is 2. The van der Waals surface area contributed by atoms with Gasteiger partial charge in [-0.1, -0.05) is 6.07 Å². The third-order valence-corrected chi connectivity index (χ3v) is 6.93. The van der Waals surface area contributed by atoms with Gasteiger partial charge < -0.3 is 10.1 Å². The summed E-state index contributed by atoms with van der Waals surface area (Å²) < 4.78 is 7.69. The highest BCUT2D eigenvalue weighted by molar-refractivity contribution is 5.48. The van der Waals surface area contributed by atoms with Crippen molar-refractivity contribution >= 4 is 5.52 Å². The molecule has 0 spiro atoms. The third-order valence-electron chi connectivity index (χ3n) is 6.93. The van der Waals surface area contributed by atoms with Crippen LogP contribution >= 0.6 is 0 Å². The molecule has 0 aliphatic heterocycles. The first-order valence-electron chi connectivity index (χ1n) is 10.1. The summed E-state index contributed by atoms with van der Waals surface area (Å²) in [5, 5.41) is 8.40. The van der Waals surface area contributed by atoms with Crippen LogP contribution in [-0.2, 0) is 0 Å². The molecule has 0 radical (unpaired) electrons. The number of hydrogen-bond donors (Lipinski definition) is 1. The first-order chi connectivity index (χ1) is 12.3. The van der Waals surface area contributed by atoms with Crippen LogP contribution in [0.3, 0.4) is 0 Å². The number of unbranched alkanes of at least 4 members (excludes halogenated alkanes) is 1. The van der Waals surface area contributed by atoms with Crippen molar-refractivity contribution in [3.05, 3.63) is 30.5 Å². The molecule has 3 saturated carbocycles. The van der Waals surface area contributed by atoms with Gasteiger partial charge in [0, 0.05) is 17.8 Å². The molecule has 4 nitrogen and oxygen atoms in total. The molecule has 4 unspecified atom stereocenters. The van der Waals surface area contributed by atoms with Crippen molar-refractivity contribution < 1.29 is 4.74 Å². The Morgan fingerprint density at radius 3 is 3.12 bits per heavy atom. The molecule has 0 amide bonds. The molecule has 4 heteroatoms. The van der Waals surface area contributed by atoms with E-state index in [0.717, 1.165) is 48.7 Å². The molecule has 4 atom stereocenters. The summed E-state index contributed by atoms with van der Waals surface area (Å²) >= 11 is 0. The lowest BCUT2D eigenvalue weighted by Crippen LogP contribution is -2.51. The van der Waals surface area contributed by atoms with E-state index in [1.807, 2.05) is 28.9 Å². The third kappa shape index (κ3) is 3.05. The monoisotopic (exact) mass is 339 g/mol. The number of fused-ring (bicyclic) bond motifs is 3. The molecule has 134 valence electrons. The largest absolute Gasteiger partial charge is 0.477 e. The Balaban J connectivity index is 1.05. The van der Waals surface area contributed by atoms with Crippen LogP contribution < -0.4 is 10.1 Å². The highest BCUT2D eigenvalue weighted by atomic mass is 16.5. The summed E-state index contributed by atoms with van der Waals surface area (Å²) in [6.07, 6.45) is 13.1. The number of rotatable bonds is 7. The van der Waals surface area contributed by atoms with Gasteiger partial charge in [-0.2, -0.15) is 0 Å². The van der Waals surface area contributed by atoms with Gasteiger partial charge in [-0.3, -0.25) is 0 Å². The molecule has 25 heavy (non-hydrogen) atoms. The van der Waals surface area contributed by atoms with Gasteiger partial charge in [0.05, 0.1) is 12.1 Å². The van der Waals surface area contributed by atoms with E-state index in [1.165, 1.54) is 44.9 Å². The number of ether oxygens (including phenoxy) is 1. The van der Waals surface area contributed by atoms with E-state index in [9.17, 15) is 0 Å². The smallest absolute Gasteiger partial charge is 0.233 e. The van der Waals surface area contributed by atoms with Crippen molar-refractivity contribution in [2.24, 2.45) is 17.8 Å². The summed E-state index contributed by atoms with van der Waals surface area (Å²) in [4.78, 5) is 0. The second kappa shape index (κ2) is 6.31. The molecule has 0 aromatic carbocycles. The van der Waals surface area contributed by atoms with Crippen molar-refractivity contribution in [1.29, 1.82) is 0 Å². The fraction of sp³-hybridized carbons (Fsp3) is 0.667. The van der Waals surface area contributed by atoms with Crippen LogP contribution in [0.5, 0.6) is 5.88 Å². The van der Waals surface area contributed by atoms with E-state index < -0.39 is 0 Å². The highest BCUT2D eigenvalue weighted by Gasteiger charge is 2.51. The second-order valence-electron chi connectivity index (χ2n) is 8.62. The van der Waals surface area contributed by atoms with E-state index >= 15 is 0 Å². The molecular weight excluding hydrogens is 310 g/mol. The molecule has 3 aliphatic rings. The van der Waals surface area contributed by atoms with Gasteiger partial charge in [0.15, 0.2) is 0 Å². The Bertz CT molecular complexity index is 705. The van der Waals surface area contributed by atoms with Crippen molar-refractivity contribution in [3.8, 4) is 5.88 Å². The predicted octanol–water partition coefficient (Wildman–Crippen LogP) is 4.05. The van der Waals surface area contributed by atoms with Crippen LogP contribution in [0.2, 0.25) is 0 Å². The summed E-state index contributed by atoms with van der Waals surface area (Å²) in [5.74, 6) is 3.87. The first-order valence-corrected chi connectivity index (χ1v) is 10.1. The maximum absolute atomic E-state index is 5.83. The molecular formula is C21H29N3O. The first kappa shape index (κ1) is 15.7. The Hall–Kier alpha value is -1.55. The quantitative estimate of drug-likeness (QED) is 0.773. The minimum absolute atomic E-state index is 0.489. The zero-order valence-corrected chi connectivity index (χ0v) is 15.0. The fourth-order valence-corrected chi connectivity index (χ4v) is 5.89. The molecule has 5 rings (SSSR count). The minimum Gasteiger partial charge on any atom is -0.477 e. The van der Waals surface area contributed by atoms with Gasteiger partial charge in [0.2, 0.25) is 5.88 Å². The lowest BCUT2D eigenvalue weighted by atomic mass is 9.67. The van der Waals surface area contributed by atoms with Crippen LogP contribution in [-0.4, -0.2) is 28.3 Å². The van der Waals surface area contributed by atoms with E-state index in [4.69, 9.17) is 4.74 Å². The van der Waals surface area contributed by atoms with E-state index in [2.05, 4.69) is 16.5 Å². The van der Waals surface area contributed by atoms with E-state index in [1.54, 1.807) is 0 Å². The molecule has 2 aromatic rings. The lowest BCUT2D eigenvalue weighted by Gasteiger charge is -2.46. The van der Waals surface area contributed by atoms with Crippen molar-refractivity contribution in [1.82, 2.24) is 14.9 Å². The van der Waals surface area contributed by atoms with E-state index in [-0.39, 0.29) is 0 Å². The van der Waals surface area contributed by atoms with Crippen LogP contribution in [0.4, 0.5) is 0 Å². The number of pyridine rings is 1. The molecule has 3 fully saturated rings. The number of nitrogens with one attached hydrogen (secondary N) is 1. The Morgan fingerprint density at radius 1 is 1.20 bits per heavy atom. The van der Waals surface area contributed by atoms with Crippen LogP contribution in [0, 0.1) is 17.8 Å². The zero-order chi connectivity index (χ0) is 16.7. The summed E-state index contributed by atoms with van der Waals surface area (Å²) in [6, 6.07) is 8.07. The van der Waals surface area contributed by atoms with Gasteiger partial charge in [-0.05, 0) is 87.8 Å². The molecule has 3 bridgehead atoms. The number of aromatic nitrogens is 2. The Labute approximate surface area is 149 Å². The lowest BCUT2D eigenvalue weighted by molar-refractivity contribution is 0.108. The Kier molecular flexibility index (Phi) is 3.96. The average molecular weight is 339 g/mol. The topological polar surface area (TPSA) is 38.6 Å².